The lowest BCUT2D eigenvalue weighted by molar-refractivity contribution is 0.101. The molecule has 1 N–H and O–H groups in total. The van der Waals surface area contributed by atoms with Gasteiger partial charge in [-0.3, -0.25) is 4.79 Å². The summed E-state index contributed by atoms with van der Waals surface area (Å²) in [5.74, 6) is 0.721. The summed E-state index contributed by atoms with van der Waals surface area (Å²) in [6.07, 6.45) is 0.713. The second-order valence-electron chi connectivity index (χ2n) is 4.43. The molecular weight excluding hydrogens is 240 g/mol. The minimum absolute atomic E-state index is 0.0333. The zero-order valence-electron chi connectivity index (χ0n) is 11.0. The molecule has 0 bridgehead atoms. The van der Waals surface area contributed by atoms with Gasteiger partial charge in [-0.05, 0) is 48.7 Å². The number of ether oxygens (including phenoxy) is 1. The van der Waals surface area contributed by atoms with Gasteiger partial charge < -0.3 is 9.84 Å². The van der Waals surface area contributed by atoms with Crippen molar-refractivity contribution in [2.45, 2.75) is 13.3 Å². The summed E-state index contributed by atoms with van der Waals surface area (Å²) in [6, 6.07) is 12.9. The molecule has 19 heavy (non-hydrogen) atoms. The Hall–Kier alpha value is -2.29. The first-order chi connectivity index (χ1) is 9.10. The molecule has 3 heteroatoms. The Labute approximate surface area is 112 Å². The number of hydrogen-bond acceptors (Lipinski definition) is 3. The average Bonchev–Trinajstić information content (AvgIpc) is 2.41. The first-order valence-electron chi connectivity index (χ1n) is 6.06. The predicted molar refractivity (Wildman–Crippen MR) is 73.9 cm³/mol. The van der Waals surface area contributed by atoms with Crippen LogP contribution < -0.4 is 4.74 Å². The van der Waals surface area contributed by atoms with Gasteiger partial charge in [-0.1, -0.05) is 18.2 Å². The zero-order valence-corrected chi connectivity index (χ0v) is 11.0. The average molecular weight is 256 g/mol. The number of methoxy groups -OCH3 is 1. The number of benzene rings is 2. The van der Waals surface area contributed by atoms with Crippen LogP contribution in [0.25, 0.3) is 0 Å². The molecule has 2 rings (SSSR count). The van der Waals surface area contributed by atoms with Gasteiger partial charge in [0.15, 0.2) is 5.78 Å². The Balaban J connectivity index is 2.22. The third-order valence-electron chi connectivity index (χ3n) is 3.01. The van der Waals surface area contributed by atoms with E-state index in [1.54, 1.807) is 19.2 Å². The summed E-state index contributed by atoms with van der Waals surface area (Å²) in [7, 11) is 1.63. The number of Topliss-reactive ketones (excluding diaryl/α,β-unsaturated/α-hetero) is 1. The number of phenols is 1. The smallest absolute Gasteiger partial charge is 0.163 e. The molecule has 0 fully saturated rings. The zero-order chi connectivity index (χ0) is 13.8. The molecule has 3 nitrogen and oxygen atoms in total. The van der Waals surface area contributed by atoms with Gasteiger partial charge in [0.1, 0.15) is 11.5 Å². The number of hydrogen-bond donors (Lipinski definition) is 1. The van der Waals surface area contributed by atoms with Gasteiger partial charge >= 0.3 is 0 Å². The first kappa shape index (κ1) is 13.1. The van der Waals surface area contributed by atoms with Crippen molar-refractivity contribution in [2.75, 3.05) is 7.11 Å². The van der Waals surface area contributed by atoms with Crippen LogP contribution in [0, 0.1) is 0 Å². The first-order valence-corrected chi connectivity index (χ1v) is 6.06. The highest BCUT2D eigenvalue weighted by Gasteiger charge is 2.07. The second kappa shape index (κ2) is 5.57. The van der Waals surface area contributed by atoms with Crippen molar-refractivity contribution in [3.63, 3.8) is 0 Å². The van der Waals surface area contributed by atoms with Crippen molar-refractivity contribution in [1.82, 2.24) is 0 Å². The predicted octanol–water partition coefficient (Wildman–Crippen LogP) is 3.19. The highest BCUT2D eigenvalue weighted by molar-refractivity contribution is 5.96. The van der Waals surface area contributed by atoms with Crippen molar-refractivity contribution in [2.24, 2.45) is 0 Å². The van der Waals surface area contributed by atoms with Crippen molar-refractivity contribution in [3.8, 4) is 11.5 Å². The SMILES string of the molecule is COc1ccc(Cc2ccc(O)c(C(C)=O)c2)cc1. The summed E-state index contributed by atoms with van der Waals surface area (Å²) >= 11 is 0. The number of rotatable bonds is 4. The fourth-order valence-electron chi connectivity index (χ4n) is 1.95. The molecule has 0 aliphatic carbocycles. The van der Waals surface area contributed by atoms with E-state index in [9.17, 15) is 9.90 Å². The lowest BCUT2D eigenvalue weighted by Gasteiger charge is -2.06. The summed E-state index contributed by atoms with van der Waals surface area (Å²) in [4.78, 5) is 11.4. The fraction of sp³-hybridized carbons (Fsp3) is 0.188. The maximum atomic E-state index is 11.4. The van der Waals surface area contributed by atoms with Crippen LogP contribution in [0.1, 0.15) is 28.4 Å². The Morgan fingerprint density at radius 3 is 2.32 bits per heavy atom. The van der Waals surface area contributed by atoms with Crippen LogP contribution >= 0.6 is 0 Å². The molecule has 0 unspecified atom stereocenters. The maximum absolute atomic E-state index is 11.4. The van der Waals surface area contributed by atoms with E-state index in [-0.39, 0.29) is 11.5 Å². The molecule has 0 heterocycles. The van der Waals surface area contributed by atoms with Crippen LogP contribution in [0.2, 0.25) is 0 Å². The number of carbonyl (C=O) groups excluding carboxylic acids is 1. The highest BCUT2D eigenvalue weighted by atomic mass is 16.5. The van der Waals surface area contributed by atoms with E-state index in [1.165, 1.54) is 6.92 Å². The monoisotopic (exact) mass is 256 g/mol. The van der Waals surface area contributed by atoms with Crippen LogP contribution in [-0.4, -0.2) is 18.0 Å². The van der Waals surface area contributed by atoms with Crippen LogP contribution in [0.4, 0.5) is 0 Å². The number of carbonyl (C=O) groups is 1. The van der Waals surface area contributed by atoms with E-state index in [0.29, 0.717) is 12.0 Å². The molecule has 2 aromatic rings. The minimum atomic E-state index is -0.130. The third-order valence-corrected chi connectivity index (χ3v) is 3.01. The van der Waals surface area contributed by atoms with E-state index < -0.39 is 0 Å². The van der Waals surface area contributed by atoms with Gasteiger partial charge in [0.05, 0.1) is 12.7 Å². The van der Waals surface area contributed by atoms with Crippen molar-refractivity contribution < 1.29 is 14.6 Å². The van der Waals surface area contributed by atoms with E-state index in [1.807, 2.05) is 30.3 Å². The van der Waals surface area contributed by atoms with Gasteiger partial charge in [0.2, 0.25) is 0 Å². The standard InChI is InChI=1S/C16H16O3/c1-11(17)15-10-13(5-8-16(15)18)9-12-3-6-14(19-2)7-4-12/h3-8,10,18H,9H2,1-2H3. The lowest BCUT2D eigenvalue weighted by atomic mass is 10.0. The van der Waals surface area contributed by atoms with Crippen molar-refractivity contribution >= 4 is 5.78 Å². The molecule has 0 aromatic heterocycles. The number of ketones is 1. The molecule has 0 aliphatic rings. The number of aromatic hydroxyl groups is 1. The summed E-state index contributed by atoms with van der Waals surface area (Å²) in [5, 5.41) is 9.60. The summed E-state index contributed by atoms with van der Waals surface area (Å²) < 4.78 is 5.11. The minimum Gasteiger partial charge on any atom is -0.507 e. The van der Waals surface area contributed by atoms with Gasteiger partial charge in [0.25, 0.3) is 0 Å². The quantitative estimate of drug-likeness (QED) is 0.854. The van der Waals surface area contributed by atoms with Crippen LogP contribution in [0.5, 0.6) is 11.5 Å². The Morgan fingerprint density at radius 1 is 1.11 bits per heavy atom. The molecule has 0 saturated carbocycles. The second-order valence-corrected chi connectivity index (χ2v) is 4.43. The third kappa shape index (κ3) is 3.13. The van der Waals surface area contributed by atoms with Crippen molar-refractivity contribution in [1.29, 1.82) is 0 Å². The molecule has 0 radical (unpaired) electrons. The molecule has 0 amide bonds. The molecule has 0 spiro atoms. The van der Waals surface area contributed by atoms with E-state index in [2.05, 4.69) is 0 Å². The molecule has 0 atom stereocenters. The molecule has 2 aromatic carbocycles. The topological polar surface area (TPSA) is 46.5 Å². The maximum Gasteiger partial charge on any atom is 0.163 e. The molecule has 0 aliphatic heterocycles. The highest BCUT2D eigenvalue weighted by Crippen LogP contribution is 2.21. The van der Waals surface area contributed by atoms with Crippen LogP contribution in [-0.2, 0) is 6.42 Å². The van der Waals surface area contributed by atoms with Crippen LogP contribution in [0.3, 0.4) is 0 Å². The fourth-order valence-corrected chi connectivity index (χ4v) is 1.95. The largest absolute Gasteiger partial charge is 0.507 e. The van der Waals surface area contributed by atoms with Gasteiger partial charge in [-0.25, -0.2) is 0 Å². The summed E-state index contributed by atoms with van der Waals surface area (Å²) in [5.41, 5.74) is 2.49. The van der Waals surface area contributed by atoms with Gasteiger partial charge in [-0.15, -0.1) is 0 Å². The molecule has 0 saturated heterocycles. The van der Waals surface area contributed by atoms with Gasteiger partial charge in [-0.2, -0.15) is 0 Å². The van der Waals surface area contributed by atoms with Crippen LogP contribution in [0.15, 0.2) is 42.5 Å². The normalized spacial score (nSPS) is 10.2. The van der Waals surface area contributed by atoms with E-state index >= 15 is 0 Å². The van der Waals surface area contributed by atoms with Crippen molar-refractivity contribution in [3.05, 3.63) is 59.2 Å². The molecule has 98 valence electrons. The Bertz CT molecular complexity index is 585. The van der Waals surface area contributed by atoms with E-state index in [4.69, 9.17) is 4.74 Å². The summed E-state index contributed by atoms with van der Waals surface area (Å²) in [6.45, 7) is 1.45. The Kier molecular flexibility index (Phi) is 3.85. The Morgan fingerprint density at radius 2 is 1.74 bits per heavy atom. The van der Waals surface area contributed by atoms with E-state index in [0.717, 1.165) is 16.9 Å². The molecular formula is C16H16O3. The van der Waals surface area contributed by atoms with Gasteiger partial charge in [0, 0.05) is 0 Å². The lowest BCUT2D eigenvalue weighted by Crippen LogP contribution is -1.96. The number of phenolic OH excluding ortho intramolecular Hbond substituents is 1.